The van der Waals surface area contributed by atoms with Crippen LogP contribution in [0.2, 0.25) is 0 Å². The van der Waals surface area contributed by atoms with Gasteiger partial charge in [-0.05, 0) is 44.9 Å². The number of hydrogen-bond acceptors (Lipinski definition) is 4. The van der Waals surface area contributed by atoms with Gasteiger partial charge in [-0.3, -0.25) is 0 Å². The molecule has 17 heavy (non-hydrogen) atoms. The summed E-state index contributed by atoms with van der Waals surface area (Å²) in [4.78, 5) is 1.19. The fourth-order valence-corrected chi connectivity index (χ4v) is 2.91. The largest absolute Gasteiger partial charge is 0.309 e. The van der Waals surface area contributed by atoms with Crippen LogP contribution in [0.3, 0.4) is 0 Å². The van der Waals surface area contributed by atoms with Crippen molar-refractivity contribution >= 4 is 11.5 Å². The molecule has 0 amide bonds. The minimum Gasteiger partial charge on any atom is -0.309 e. The number of benzene rings is 1. The van der Waals surface area contributed by atoms with Crippen molar-refractivity contribution in [1.82, 2.24) is 14.9 Å². The zero-order valence-corrected chi connectivity index (χ0v) is 11.4. The molecular weight excluding hydrogens is 230 g/mol. The van der Waals surface area contributed by atoms with Gasteiger partial charge in [0, 0.05) is 0 Å². The number of aromatic nitrogens is 2. The predicted octanol–water partition coefficient (Wildman–Crippen LogP) is 2.77. The Balaban J connectivity index is 2.45. The first-order valence-corrected chi connectivity index (χ1v) is 6.43. The molecule has 1 atom stereocenters. The Labute approximate surface area is 106 Å². The molecule has 1 aromatic carbocycles. The van der Waals surface area contributed by atoms with Gasteiger partial charge in [-0.2, -0.15) is 0 Å². The van der Waals surface area contributed by atoms with Gasteiger partial charge in [-0.25, -0.2) is 0 Å². The van der Waals surface area contributed by atoms with Crippen molar-refractivity contribution in [3.05, 3.63) is 45.5 Å². The molecule has 0 aliphatic carbocycles. The van der Waals surface area contributed by atoms with E-state index in [0.717, 1.165) is 5.69 Å². The van der Waals surface area contributed by atoms with Crippen LogP contribution in [0.5, 0.6) is 0 Å². The average Bonchev–Trinajstić information content (AvgIpc) is 2.65. The van der Waals surface area contributed by atoms with E-state index in [-0.39, 0.29) is 6.04 Å². The molecule has 0 bridgehead atoms. The van der Waals surface area contributed by atoms with Crippen molar-refractivity contribution in [2.75, 3.05) is 7.05 Å². The van der Waals surface area contributed by atoms with Gasteiger partial charge < -0.3 is 5.32 Å². The lowest BCUT2D eigenvalue weighted by Crippen LogP contribution is -2.17. The van der Waals surface area contributed by atoms with Crippen LogP contribution in [0.1, 0.15) is 33.3 Å². The van der Waals surface area contributed by atoms with Crippen LogP contribution in [0.4, 0.5) is 0 Å². The summed E-state index contributed by atoms with van der Waals surface area (Å²) in [6, 6.07) is 6.81. The number of rotatable bonds is 3. The predicted molar refractivity (Wildman–Crippen MR) is 71.5 cm³/mol. The minimum atomic E-state index is 0.189. The van der Waals surface area contributed by atoms with Crippen LogP contribution < -0.4 is 5.32 Å². The Morgan fingerprint density at radius 1 is 1.12 bits per heavy atom. The summed E-state index contributed by atoms with van der Waals surface area (Å²) < 4.78 is 4.01. The SMILES string of the molecule is CNC(c1cc(C)cc(C)c1)c1snnc1C. The second kappa shape index (κ2) is 4.94. The molecule has 3 nitrogen and oxygen atoms in total. The van der Waals surface area contributed by atoms with Crippen molar-refractivity contribution < 1.29 is 0 Å². The topological polar surface area (TPSA) is 37.8 Å². The monoisotopic (exact) mass is 247 g/mol. The highest BCUT2D eigenvalue weighted by Crippen LogP contribution is 2.27. The van der Waals surface area contributed by atoms with E-state index in [4.69, 9.17) is 0 Å². The second-order valence-electron chi connectivity index (χ2n) is 4.37. The summed E-state index contributed by atoms with van der Waals surface area (Å²) in [5.74, 6) is 0. The van der Waals surface area contributed by atoms with E-state index < -0.39 is 0 Å². The molecule has 0 radical (unpaired) electrons. The summed E-state index contributed by atoms with van der Waals surface area (Å²) in [6.07, 6.45) is 0. The smallest absolute Gasteiger partial charge is 0.0776 e. The van der Waals surface area contributed by atoms with Crippen LogP contribution in [-0.2, 0) is 0 Å². The molecule has 0 fully saturated rings. The Bertz CT molecular complexity index is 499. The Kier molecular flexibility index (Phi) is 3.54. The van der Waals surface area contributed by atoms with Gasteiger partial charge in [0.2, 0.25) is 0 Å². The molecule has 1 N–H and O–H groups in total. The second-order valence-corrected chi connectivity index (χ2v) is 5.15. The van der Waals surface area contributed by atoms with Gasteiger partial charge in [-0.15, -0.1) is 5.10 Å². The highest BCUT2D eigenvalue weighted by Gasteiger charge is 2.17. The third-order valence-corrected chi connectivity index (χ3v) is 3.71. The van der Waals surface area contributed by atoms with Crippen LogP contribution in [0, 0.1) is 20.8 Å². The van der Waals surface area contributed by atoms with E-state index >= 15 is 0 Å². The standard InChI is InChI=1S/C13H17N3S/c1-8-5-9(2)7-11(6-8)12(14-4)13-10(3)15-16-17-13/h5-7,12,14H,1-4H3. The van der Waals surface area contributed by atoms with Gasteiger partial charge >= 0.3 is 0 Å². The number of nitrogens with zero attached hydrogens (tertiary/aromatic N) is 2. The number of nitrogens with one attached hydrogen (secondary N) is 1. The Morgan fingerprint density at radius 2 is 1.76 bits per heavy atom. The molecule has 0 spiro atoms. The van der Waals surface area contributed by atoms with Gasteiger partial charge in [0.1, 0.15) is 0 Å². The summed E-state index contributed by atoms with van der Waals surface area (Å²) in [5, 5.41) is 7.43. The molecule has 0 aliphatic rings. The molecule has 0 aliphatic heterocycles. The third kappa shape index (κ3) is 2.53. The summed E-state index contributed by atoms with van der Waals surface area (Å²) in [5.41, 5.74) is 4.86. The molecule has 0 saturated heterocycles. The maximum absolute atomic E-state index is 4.08. The Hall–Kier alpha value is -1.26. The van der Waals surface area contributed by atoms with Crippen molar-refractivity contribution in [1.29, 1.82) is 0 Å². The highest BCUT2D eigenvalue weighted by molar-refractivity contribution is 7.05. The number of aryl methyl sites for hydroxylation is 3. The normalized spacial score (nSPS) is 12.7. The fourth-order valence-electron chi connectivity index (χ4n) is 2.13. The summed E-state index contributed by atoms with van der Waals surface area (Å²) in [7, 11) is 1.97. The van der Waals surface area contributed by atoms with Crippen LogP contribution in [0.25, 0.3) is 0 Å². The first-order chi connectivity index (χ1) is 8.11. The molecule has 1 heterocycles. The van der Waals surface area contributed by atoms with Crippen LogP contribution >= 0.6 is 11.5 Å². The lowest BCUT2D eigenvalue weighted by Gasteiger charge is -2.16. The average molecular weight is 247 g/mol. The van der Waals surface area contributed by atoms with Gasteiger partial charge in [0.25, 0.3) is 0 Å². The van der Waals surface area contributed by atoms with E-state index in [9.17, 15) is 0 Å². The maximum atomic E-state index is 4.08. The van der Waals surface area contributed by atoms with E-state index in [1.807, 2.05) is 14.0 Å². The number of hydrogen-bond donors (Lipinski definition) is 1. The highest BCUT2D eigenvalue weighted by atomic mass is 32.1. The van der Waals surface area contributed by atoms with Crippen molar-refractivity contribution in [2.24, 2.45) is 0 Å². The lowest BCUT2D eigenvalue weighted by atomic mass is 10.00. The van der Waals surface area contributed by atoms with E-state index in [2.05, 4.69) is 47.0 Å². The molecule has 1 unspecified atom stereocenters. The van der Waals surface area contributed by atoms with Crippen molar-refractivity contribution in [3.63, 3.8) is 0 Å². The molecule has 90 valence electrons. The van der Waals surface area contributed by atoms with E-state index in [1.165, 1.54) is 33.1 Å². The zero-order chi connectivity index (χ0) is 12.4. The van der Waals surface area contributed by atoms with Crippen LogP contribution in [-0.4, -0.2) is 16.6 Å². The van der Waals surface area contributed by atoms with Crippen molar-refractivity contribution in [3.8, 4) is 0 Å². The molecule has 1 aromatic heterocycles. The Morgan fingerprint density at radius 3 is 2.24 bits per heavy atom. The third-order valence-electron chi connectivity index (χ3n) is 2.81. The van der Waals surface area contributed by atoms with E-state index in [1.54, 1.807) is 0 Å². The first kappa shape index (κ1) is 12.2. The summed E-state index contributed by atoms with van der Waals surface area (Å²) in [6.45, 7) is 6.26. The van der Waals surface area contributed by atoms with E-state index in [0.29, 0.717) is 0 Å². The first-order valence-electron chi connectivity index (χ1n) is 5.66. The molecule has 4 heteroatoms. The fraction of sp³-hybridized carbons (Fsp3) is 0.385. The van der Waals surface area contributed by atoms with Gasteiger partial charge in [0.15, 0.2) is 0 Å². The molecule has 2 rings (SSSR count). The quantitative estimate of drug-likeness (QED) is 0.906. The van der Waals surface area contributed by atoms with Gasteiger partial charge in [-0.1, -0.05) is 33.8 Å². The van der Waals surface area contributed by atoms with Crippen LogP contribution in [0.15, 0.2) is 18.2 Å². The maximum Gasteiger partial charge on any atom is 0.0776 e. The minimum absolute atomic E-state index is 0.189. The van der Waals surface area contributed by atoms with Crippen molar-refractivity contribution in [2.45, 2.75) is 26.8 Å². The molecular formula is C13H17N3S. The lowest BCUT2D eigenvalue weighted by molar-refractivity contribution is 0.696. The van der Waals surface area contributed by atoms with Gasteiger partial charge in [0.05, 0.1) is 16.6 Å². The molecule has 0 saturated carbocycles. The molecule has 2 aromatic rings. The zero-order valence-electron chi connectivity index (χ0n) is 10.6. The summed E-state index contributed by atoms with van der Waals surface area (Å²) >= 11 is 1.47.